The molecule has 2 aromatic rings. The average Bonchev–Trinajstić information content (AvgIpc) is 2.26. The molecule has 0 fully saturated rings. The molecule has 0 atom stereocenters. The van der Waals surface area contributed by atoms with Crippen LogP contribution in [0.1, 0.15) is 20.3 Å². The Balaban J connectivity index is 2.38. The van der Waals surface area contributed by atoms with E-state index in [9.17, 15) is 4.79 Å². The highest BCUT2D eigenvalue weighted by molar-refractivity contribution is 5.93. The number of carbonyl (C=O) groups excluding carboxylic acids is 1. The molecule has 0 aliphatic rings. The molecule has 5 N–H and O–H groups in total. The van der Waals surface area contributed by atoms with Crippen molar-refractivity contribution < 1.29 is 4.79 Å². The van der Waals surface area contributed by atoms with Crippen LogP contribution in [0, 0.1) is 0 Å². The van der Waals surface area contributed by atoms with Crippen LogP contribution in [0.5, 0.6) is 0 Å². The van der Waals surface area contributed by atoms with E-state index in [1.165, 1.54) is 0 Å². The number of nitrogen functional groups attached to an aromatic ring is 1. The van der Waals surface area contributed by atoms with Crippen LogP contribution in [0.25, 0.3) is 10.9 Å². The number of hydrogen-bond donors (Lipinski definition) is 3. The molecule has 19 heavy (non-hydrogen) atoms. The molecule has 0 saturated heterocycles. The minimum atomic E-state index is -0.415. The highest BCUT2D eigenvalue weighted by Gasteiger charge is 2.21. The number of pyridine rings is 1. The molecule has 1 aromatic heterocycles. The highest BCUT2D eigenvalue weighted by atomic mass is 16.1. The third-order valence-electron chi connectivity index (χ3n) is 2.86. The van der Waals surface area contributed by atoms with E-state index >= 15 is 0 Å². The van der Waals surface area contributed by atoms with Crippen molar-refractivity contribution in [1.29, 1.82) is 0 Å². The molecule has 2 rings (SSSR count). The molecular weight excluding hydrogens is 240 g/mol. The quantitative estimate of drug-likeness (QED) is 0.730. The lowest BCUT2D eigenvalue weighted by Gasteiger charge is -2.26. The van der Waals surface area contributed by atoms with Gasteiger partial charge in [0, 0.05) is 34.9 Å². The SMILES string of the molecule is CC(C)(CC(N)=O)Nc1ccnc2cc(N)ccc12. The number of nitrogens with two attached hydrogens (primary N) is 2. The molecule has 5 heteroatoms. The number of carbonyl (C=O) groups is 1. The summed E-state index contributed by atoms with van der Waals surface area (Å²) in [6.45, 7) is 3.86. The normalized spacial score (nSPS) is 11.5. The van der Waals surface area contributed by atoms with Gasteiger partial charge in [-0.05, 0) is 38.1 Å². The summed E-state index contributed by atoms with van der Waals surface area (Å²) in [5.41, 5.74) is 13.0. The Morgan fingerprint density at radius 1 is 1.37 bits per heavy atom. The molecule has 0 radical (unpaired) electrons. The molecule has 0 aliphatic carbocycles. The fraction of sp³-hybridized carbons (Fsp3) is 0.286. The highest BCUT2D eigenvalue weighted by Crippen LogP contribution is 2.26. The maximum absolute atomic E-state index is 11.1. The number of nitrogens with one attached hydrogen (secondary N) is 1. The number of primary amides is 1. The number of benzene rings is 1. The Morgan fingerprint density at radius 3 is 2.79 bits per heavy atom. The predicted octanol–water partition coefficient (Wildman–Crippen LogP) is 1.88. The van der Waals surface area contributed by atoms with E-state index in [-0.39, 0.29) is 12.3 Å². The number of amides is 1. The molecule has 1 aromatic carbocycles. The van der Waals surface area contributed by atoms with Gasteiger partial charge in [0.2, 0.25) is 5.91 Å². The summed E-state index contributed by atoms with van der Waals surface area (Å²) in [4.78, 5) is 15.3. The molecule has 1 amide bonds. The summed E-state index contributed by atoms with van der Waals surface area (Å²) in [6.07, 6.45) is 1.97. The zero-order chi connectivity index (χ0) is 14.0. The molecular formula is C14H18N4O. The van der Waals surface area contributed by atoms with Gasteiger partial charge in [0.05, 0.1) is 5.52 Å². The van der Waals surface area contributed by atoms with E-state index < -0.39 is 5.54 Å². The van der Waals surface area contributed by atoms with Crippen molar-refractivity contribution in [3.8, 4) is 0 Å². The lowest BCUT2D eigenvalue weighted by molar-refractivity contribution is -0.118. The van der Waals surface area contributed by atoms with E-state index in [1.54, 1.807) is 6.20 Å². The number of fused-ring (bicyclic) bond motifs is 1. The number of anilines is 2. The van der Waals surface area contributed by atoms with Crippen LogP contribution in [0.15, 0.2) is 30.5 Å². The third-order valence-corrected chi connectivity index (χ3v) is 2.86. The summed E-state index contributed by atoms with van der Waals surface area (Å²) in [5.74, 6) is -0.333. The Bertz CT molecular complexity index is 622. The summed E-state index contributed by atoms with van der Waals surface area (Å²) in [5, 5.41) is 4.30. The van der Waals surface area contributed by atoms with E-state index in [0.29, 0.717) is 5.69 Å². The van der Waals surface area contributed by atoms with Gasteiger partial charge < -0.3 is 16.8 Å². The Kier molecular flexibility index (Phi) is 3.29. The van der Waals surface area contributed by atoms with E-state index in [4.69, 9.17) is 11.5 Å². The maximum Gasteiger partial charge on any atom is 0.219 e. The summed E-state index contributed by atoms with van der Waals surface area (Å²) in [6, 6.07) is 7.44. The number of rotatable bonds is 4. The van der Waals surface area contributed by atoms with Gasteiger partial charge in [-0.2, -0.15) is 0 Å². The molecule has 0 saturated carbocycles. The van der Waals surface area contributed by atoms with Crippen LogP contribution in [0.3, 0.4) is 0 Å². The van der Waals surface area contributed by atoms with Gasteiger partial charge in [-0.1, -0.05) is 0 Å². The first kappa shape index (κ1) is 13.1. The van der Waals surface area contributed by atoms with Crippen LogP contribution in [-0.4, -0.2) is 16.4 Å². The fourth-order valence-corrected chi connectivity index (χ4v) is 2.12. The van der Waals surface area contributed by atoms with Crippen LogP contribution < -0.4 is 16.8 Å². The van der Waals surface area contributed by atoms with Gasteiger partial charge in [-0.3, -0.25) is 9.78 Å². The predicted molar refractivity (Wildman–Crippen MR) is 77.7 cm³/mol. The second-order valence-electron chi connectivity index (χ2n) is 5.29. The van der Waals surface area contributed by atoms with Gasteiger partial charge in [-0.15, -0.1) is 0 Å². The Hall–Kier alpha value is -2.30. The first-order chi connectivity index (χ1) is 8.87. The number of hydrogen-bond acceptors (Lipinski definition) is 4. The summed E-state index contributed by atoms with van der Waals surface area (Å²) in [7, 11) is 0. The van der Waals surface area contributed by atoms with Crippen LogP contribution in [0.2, 0.25) is 0 Å². The third kappa shape index (κ3) is 3.13. The van der Waals surface area contributed by atoms with Crippen molar-refractivity contribution in [3.05, 3.63) is 30.5 Å². The van der Waals surface area contributed by atoms with Gasteiger partial charge in [0.15, 0.2) is 0 Å². The molecule has 0 unspecified atom stereocenters. The standard InChI is InChI=1S/C14H18N4O/c1-14(2,8-13(16)19)18-11-5-6-17-12-7-9(15)3-4-10(11)12/h3-7H,8,15H2,1-2H3,(H2,16,19)(H,17,18). The first-order valence-electron chi connectivity index (χ1n) is 6.08. The minimum Gasteiger partial charge on any atom is -0.399 e. The molecule has 0 spiro atoms. The summed E-state index contributed by atoms with van der Waals surface area (Å²) < 4.78 is 0. The average molecular weight is 258 g/mol. The van der Waals surface area contributed by atoms with E-state index in [2.05, 4.69) is 10.3 Å². The van der Waals surface area contributed by atoms with Crippen molar-refractivity contribution in [2.45, 2.75) is 25.8 Å². The lowest BCUT2D eigenvalue weighted by Crippen LogP contribution is -2.36. The van der Waals surface area contributed by atoms with Crippen molar-refractivity contribution >= 4 is 28.2 Å². The van der Waals surface area contributed by atoms with Crippen molar-refractivity contribution in [2.75, 3.05) is 11.1 Å². The van der Waals surface area contributed by atoms with Crippen molar-refractivity contribution in [3.63, 3.8) is 0 Å². The number of nitrogens with zero attached hydrogens (tertiary/aromatic N) is 1. The monoisotopic (exact) mass is 258 g/mol. The van der Waals surface area contributed by atoms with Crippen LogP contribution >= 0.6 is 0 Å². The fourth-order valence-electron chi connectivity index (χ4n) is 2.12. The Labute approximate surface area is 112 Å². The van der Waals surface area contributed by atoms with Gasteiger partial charge in [-0.25, -0.2) is 0 Å². The summed E-state index contributed by atoms with van der Waals surface area (Å²) >= 11 is 0. The van der Waals surface area contributed by atoms with E-state index in [0.717, 1.165) is 16.6 Å². The molecule has 1 heterocycles. The second kappa shape index (κ2) is 4.76. The molecule has 100 valence electrons. The van der Waals surface area contributed by atoms with Crippen LogP contribution in [0.4, 0.5) is 11.4 Å². The zero-order valence-electron chi connectivity index (χ0n) is 11.1. The largest absolute Gasteiger partial charge is 0.399 e. The van der Waals surface area contributed by atoms with Crippen LogP contribution in [-0.2, 0) is 4.79 Å². The van der Waals surface area contributed by atoms with Gasteiger partial charge in [0.1, 0.15) is 0 Å². The second-order valence-corrected chi connectivity index (χ2v) is 5.29. The smallest absolute Gasteiger partial charge is 0.219 e. The van der Waals surface area contributed by atoms with E-state index in [1.807, 2.05) is 38.1 Å². The topological polar surface area (TPSA) is 94.0 Å². The lowest BCUT2D eigenvalue weighted by atomic mass is 9.99. The molecule has 0 bridgehead atoms. The van der Waals surface area contributed by atoms with Gasteiger partial charge in [0.25, 0.3) is 0 Å². The molecule has 5 nitrogen and oxygen atoms in total. The van der Waals surface area contributed by atoms with Crippen molar-refractivity contribution in [2.24, 2.45) is 5.73 Å². The first-order valence-corrected chi connectivity index (χ1v) is 6.08. The number of aromatic nitrogens is 1. The van der Waals surface area contributed by atoms with Crippen molar-refractivity contribution in [1.82, 2.24) is 4.98 Å². The maximum atomic E-state index is 11.1. The zero-order valence-corrected chi connectivity index (χ0v) is 11.1. The van der Waals surface area contributed by atoms with Gasteiger partial charge >= 0.3 is 0 Å². The Morgan fingerprint density at radius 2 is 2.11 bits per heavy atom. The minimum absolute atomic E-state index is 0.256. The molecule has 0 aliphatic heterocycles.